The van der Waals surface area contributed by atoms with Gasteiger partial charge < -0.3 is 14.5 Å². The average Bonchev–Trinajstić information content (AvgIpc) is 3.05. The largest absolute Gasteiger partial charge is 0.396 e. The van der Waals surface area contributed by atoms with E-state index >= 15 is 0 Å². The zero-order chi connectivity index (χ0) is 16.1. The van der Waals surface area contributed by atoms with E-state index in [1.165, 1.54) is 0 Å². The summed E-state index contributed by atoms with van der Waals surface area (Å²) in [6, 6.07) is 11.2. The molecule has 0 radical (unpaired) electrons. The molecule has 122 valence electrons. The molecule has 3 rings (SSSR count). The van der Waals surface area contributed by atoms with Gasteiger partial charge in [0.1, 0.15) is 0 Å². The first-order valence-electron chi connectivity index (χ1n) is 7.98. The topological polar surface area (TPSA) is 78.6 Å². The zero-order valence-corrected chi connectivity index (χ0v) is 12.9. The van der Waals surface area contributed by atoms with Crippen molar-refractivity contribution in [3.05, 3.63) is 36.4 Å². The van der Waals surface area contributed by atoms with Crippen LogP contribution >= 0.6 is 0 Å². The number of aliphatic hydroxyl groups is 1. The number of anilines is 1. The van der Waals surface area contributed by atoms with Crippen LogP contribution < -0.4 is 5.32 Å². The highest BCUT2D eigenvalue weighted by Gasteiger charge is 2.26. The fourth-order valence-corrected chi connectivity index (χ4v) is 2.97. The second-order valence-electron chi connectivity index (χ2n) is 5.73. The zero-order valence-electron chi connectivity index (χ0n) is 12.9. The quantitative estimate of drug-likeness (QED) is 0.908. The van der Waals surface area contributed by atoms with E-state index in [1.54, 1.807) is 11.0 Å². The molecule has 0 saturated carbocycles. The van der Waals surface area contributed by atoms with Crippen molar-refractivity contribution in [2.75, 3.05) is 18.5 Å². The number of aliphatic hydroxyl groups excluding tert-OH is 1. The molecule has 2 amide bonds. The van der Waals surface area contributed by atoms with Crippen molar-refractivity contribution >= 4 is 11.8 Å². The number of piperidine rings is 1. The lowest BCUT2D eigenvalue weighted by Gasteiger charge is -2.35. The minimum Gasteiger partial charge on any atom is -0.396 e. The van der Waals surface area contributed by atoms with Crippen LogP contribution in [0, 0.1) is 0 Å². The predicted octanol–water partition coefficient (Wildman–Crippen LogP) is 3.11. The standard InChI is InChI=1S/C17H21N3O3/c21-11-9-14-8-4-5-10-20(14)17(22)18-16-12-15(23-19-16)13-6-2-1-3-7-13/h1-3,6-7,12,14,21H,4-5,8-11H2,(H,18,19,22). The Kier molecular flexibility index (Phi) is 4.92. The number of benzene rings is 1. The van der Waals surface area contributed by atoms with Crippen LogP contribution in [0.3, 0.4) is 0 Å². The molecular weight excluding hydrogens is 294 g/mol. The fraction of sp³-hybridized carbons (Fsp3) is 0.412. The van der Waals surface area contributed by atoms with Gasteiger partial charge in [-0.2, -0.15) is 0 Å². The minimum absolute atomic E-state index is 0.0919. The van der Waals surface area contributed by atoms with Gasteiger partial charge in [-0.25, -0.2) is 4.79 Å². The fourth-order valence-electron chi connectivity index (χ4n) is 2.97. The maximum atomic E-state index is 12.5. The van der Waals surface area contributed by atoms with Gasteiger partial charge in [0.25, 0.3) is 0 Å². The first-order valence-corrected chi connectivity index (χ1v) is 7.98. The molecule has 2 aromatic rings. The van der Waals surface area contributed by atoms with Gasteiger partial charge in [0, 0.05) is 30.8 Å². The molecule has 6 heteroatoms. The Morgan fingerprint density at radius 3 is 2.96 bits per heavy atom. The highest BCUT2D eigenvalue weighted by molar-refractivity contribution is 5.89. The number of nitrogens with zero attached hydrogens (tertiary/aromatic N) is 2. The molecule has 1 atom stereocenters. The molecule has 0 aliphatic carbocycles. The van der Waals surface area contributed by atoms with Crippen LogP contribution in [0.5, 0.6) is 0 Å². The molecule has 2 heterocycles. The lowest BCUT2D eigenvalue weighted by atomic mass is 10.0. The van der Waals surface area contributed by atoms with E-state index in [0.717, 1.165) is 24.8 Å². The van der Waals surface area contributed by atoms with Gasteiger partial charge in [-0.05, 0) is 25.7 Å². The van der Waals surface area contributed by atoms with E-state index in [1.807, 2.05) is 30.3 Å². The minimum atomic E-state index is -0.184. The van der Waals surface area contributed by atoms with E-state index in [9.17, 15) is 4.79 Å². The van der Waals surface area contributed by atoms with Crippen molar-refractivity contribution < 1.29 is 14.4 Å². The summed E-state index contributed by atoms with van der Waals surface area (Å²) in [7, 11) is 0. The summed E-state index contributed by atoms with van der Waals surface area (Å²) in [5.74, 6) is 1.02. The molecule has 1 aliphatic rings. The number of carbonyl (C=O) groups excluding carboxylic acids is 1. The van der Waals surface area contributed by atoms with Crippen LogP contribution in [0.2, 0.25) is 0 Å². The molecule has 6 nitrogen and oxygen atoms in total. The van der Waals surface area contributed by atoms with Gasteiger partial charge in [-0.3, -0.25) is 5.32 Å². The highest BCUT2D eigenvalue weighted by Crippen LogP contribution is 2.24. The number of nitrogens with one attached hydrogen (secondary N) is 1. The van der Waals surface area contributed by atoms with Gasteiger partial charge in [0.2, 0.25) is 0 Å². The Labute approximate surface area is 135 Å². The molecule has 1 aromatic heterocycles. The Hall–Kier alpha value is -2.34. The summed E-state index contributed by atoms with van der Waals surface area (Å²) >= 11 is 0. The van der Waals surface area contributed by atoms with Crippen molar-refractivity contribution in [3.8, 4) is 11.3 Å². The van der Waals surface area contributed by atoms with E-state index < -0.39 is 0 Å². The molecule has 1 aromatic carbocycles. The van der Waals surface area contributed by atoms with Crippen LogP contribution in [0.1, 0.15) is 25.7 Å². The van der Waals surface area contributed by atoms with E-state index in [0.29, 0.717) is 24.5 Å². The summed E-state index contributed by atoms with van der Waals surface area (Å²) in [5, 5.41) is 15.9. The van der Waals surface area contributed by atoms with Crippen molar-refractivity contribution in [2.24, 2.45) is 0 Å². The monoisotopic (exact) mass is 315 g/mol. The molecule has 0 bridgehead atoms. The maximum absolute atomic E-state index is 12.5. The third-order valence-corrected chi connectivity index (χ3v) is 4.15. The first-order chi connectivity index (χ1) is 11.3. The van der Waals surface area contributed by atoms with Crippen LogP contribution in [-0.2, 0) is 0 Å². The first kappa shape index (κ1) is 15.6. The third kappa shape index (κ3) is 3.71. The summed E-state index contributed by atoms with van der Waals surface area (Å²) in [6.07, 6.45) is 3.63. The lowest BCUT2D eigenvalue weighted by molar-refractivity contribution is 0.141. The van der Waals surface area contributed by atoms with E-state index in [2.05, 4.69) is 10.5 Å². The van der Waals surface area contributed by atoms with Gasteiger partial charge in [0.15, 0.2) is 11.6 Å². The predicted molar refractivity (Wildman–Crippen MR) is 87.0 cm³/mol. The molecule has 1 saturated heterocycles. The molecule has 23 heavy (non-hydrogen) atoms. The van der Waals surface area contributed by atoms with Crippen LogP contribution in [0.15, 0.2) is 40.9 Å². The second kappa shape index (κ2) is 7.28. The Balaban J connectivity index is 1.67. The summed E-state index contributed by atoms with van der Waals surface area (Å²) in [6.45, 7) is 0.802. The number of rotatable bonds is 4. The third-order valence-electron chi connectivity index (χ3n) is 4.15. The molecular formula is C17H21N3O3. The number of hydrogen-bond donors (Lipinski definition) is 2. The van der Waals surface area contributed by atoms with Gasteiger partial charge in [0.05, 0.1) is 0 Å². The molecule has 1 fully saturated rings. The van der Waals surface area contributed by atoms with Crippen LogP contribution in [0.4, 0.5) is 10.6 Å². The van der Waals surface area contributed by atoms with Gasteiger partial charge in [-0.1, -0.05) is 35.5 Å². The summed E-state index contributed by atoms with van der Waals surface area (Å²) in [4.78, 5) is 14.2. The van der Waals surface area contributed by atoms with E-state index in [-0.39, 0.29) is 18.7 Å². The van der Waals surface area contributed by atoms with Crippen LogP contribution in [0.25, 0.3) is 11.3 Å². The SMILES string of the molecule is O=C(Nc1cc(-c2ccccc2)on1)N1CCCCC1CCO. The summed E-state index contributed by atoms with van der Waals surface area (Å²) < 4.78 is 5.29. The number of likely N-dealkylation sites (tertiary alicyclic amines) is 1. The smallest absolute Gasteiger partial charge is 0.323 e. The lowest BCUT2D eigenvalue weighted by Crippen LogP contribution is -2.46. The number of urea groups is 1. The Morgan fingerprint density at radius 1 is 1.35 bits per heavy atom. The molecule has 0 spiro atoms. The number of amides is 2. The number of carbonyl (C=O) groups is 1. The highest BCUT2D eigenvalue weighted by atomic mass is 16.5. The van der Waals surface area contributed by atoms with Crippen LogP contribution in [-0.4, -0.2) is 40.4 Å². The molecule has 1 unspecified atom stereocenters. The Morgan fingerprint density at radius 2 is 2.17 bits per heavy atom. The number of aromatic nitrogens is 1. The van der Waals surface area contributed by atoms with Crippen molar-refractivity contribution in [1.29, 1.82) is 0 Å². The summed E-state index contributed by atoms with van der Waals surface area (Å²) in [5.41, 5.74) is 0.914. The average molecular weight is 315 g/mol. The normalized spacial score (nSPS) is 18.0. The maximum Gasteiger partial charge on any atom is 0.323 e. The Bertz CT molecular complexity index is 640. The second-order valence-corrected chi connectivity index (χ2v) is 5.73. The van der Waals surface area contributed by atoms with Gasteiger partial charge in [-0.15, -0.1) is 0 Å². The van der Waals surface area contributed by atoms with Crippen molar-refractivity contribution in [2.45, 2.75) is 31.7 Å². The van der Waals surface area contributed by atoms with Gasteiger partial charge >= 0.3 is 6.03 Å². The van der Waals surface area contributed by atoms with Crippen molar-refractivity contribution in [1.82, 2.24) is 10.1 Å². The molecule has 1 aliphatic heterocycles. The van der Waals surface area contributed by atoms with Crippen molar-refractivity contribution in [3.63, 3.8) is 0 Å². The molecule has 2 N–H and O–H groups in total. The number of hydrogen-bond acceptors (Lipinski definition) is 4. The van der Waals surface area contributed by atoms with E-state index in [4.69, 9.17) is 9.63 Å².